The Kier molecular flexibility index (Phi) is 8.69. The zero-order valence-electron chi connectivity index (χ0n) is 19.6. The fourth-order valence-electron chi connectivity index (χ4n) is 4.19. The number of nitrogens with zero attached hydrogens (tertiary/aromatic N) is 1. The number of methoxy groups -OCH3 is 2. The molecule has 7 heteroatoms. The van der Waals surface area contributed by atoms with Crippen LogP contribution in [0.5, 0.6) is 11.5 Å². The first-order valence-electron chi connectivity index (χ1n) is 11.5. The van der Waals surface area contributed by atoms with Gasteiger partial charge in [0.2, 0.25) is 11.8 Å². The zero-order valence-corrected chi connectivity index (χ0v) is 19.6. The molecule has 1 aliphatic carbocycles. The second-order valence-corrected chi connectivity index (χ2v) is 8.50. The molecule has 1 aliphatic rings. The molecule has 1 atom stereocenters. The van der Waals surface area contributed by atoms with Gasteiger partial charge in [-0.15, -0.1) is 0 Å². The summed E-state index contributed by atoms with van der Waals surface area (Å²) < 4.78 is 24.0. The third-order valence-electron chi connectivity index (χ3n) is 6.21. The number of halogens is 1. The van der Waals surface area contributed by atoms with Crippen molar-refractivity contribution in [2.45, 2.75) is 64.1 Å². The number of hydrogen-bond donors (Lipinski definition) is 1. The Morgan fingerprint density at radius 2 is 1.67 bits per heavy atom. The molecule has 0 bridgehead atoms. The van der Waals surface area contributed by atoms with Gasteiger partial charge in [-0.25, -0.2) is 4.39 Å². The van der Waals surface area contributed by atoms with Crippen LogP contribution in [0.2, 0.25) is 0 Å². The molecule has 0 spiro atoms. The van der Waals surface area contributed by atoms with Gasteiger partial charge in [0, 0.05) is 19.0 Å². The number of carbonyl (C=O) groups is 2. The van der Waals surface area contributed by atoms with Crippen molar-refractivity contribution in [1.82, 2.24) is 10.2 Å². The van der Waals surface area contributed by atoms with Crippen molar-refractivity contribution in [3.63, 3.8) is 0 Å². The third-order valence-corrected chi connectivity index (χ3v) is 6.21. The monoisotopic (exact) mass is 456 g/mol. The number of nitrogens with one attached hydrogen (secondary N) is 1. The number of rotatable bonds is 10. The van der Waals surface area contributed by atoms with E-state index in [0.29, 0.717) is 17.9 Å². The lowest BCUT2D eigenvalue weighted by molar-refractivity contribution is -0.140. The molecule has 0 aliphatic heterocycles. The third kappa shape index (κ3) is 6.70. The van der Waals surface area contributed by atoms with Crippen molar-refractivity contribution in [3.05, 3.63) is 59.4 Å². The van der Waals surface area contributed by atoms with Gasteiger partial charge in [-0.2, -0.15) is 0 Å². The Bertz CT molecular complexity index is 942. The molecule has 6 nitrogen and oxygen atoms in total. The maximum Gasteiger partial charge on any atom is 0.242 e. The van der Waals surface area contributed by atoms with Crippen LogP contribution in [-0.2, 0) is 22.6 Å². The molecule has 0 heterocycles. The van der Waals surface area contributed by atoms with E-state index in [1.54, 1.807) is 38.2 Å². The van der Waals surface area contributed by atoms with Gasteiger partial charge in [-0.3, -0.25) is 9.59 Å². The standard InChI is InChI=1S/C26H33FN2O4/c1-18(26(31)28-22-6-4-5-7-22)29(17-20-8-12-21(27)13-9-20)25(30)15-11-19-10-14-23(32-2)24(16-19)33-3/h8-10,12-14,16,18,22H,4-7,11,15,17H2,1-3H3,(H,28,31)/t18-/m1/s1. The van der Waals surface area contributed by atoms with Crippen molar-refractivity contribution in [1.29, 1.82) is 0 Å². The van der Waals surface area contributed by atoms with Gasteiger partial charge in [0.15, 0.2) is 11.5 Å². The first kappa shape index (κ1) is 24.6. The Hall–Kier alpha value is -3.09. The molecule has 2 amide bonds. The zero-order chi connectivity index (χ0) is 23.8. The van der Waals surface area contributed by atoms with Gasteiger partial charge < -0.3 is 19.7 Å². The van der Waals surface area contributed by atoms with Crippen LogP contribution in [0.25, 0.3) is 0 Å². The van der Waals surface area contributed by atoms with E-state index in [2.05, 4.69) is 5.32 Å². The van der Waals surface area contributed by atoms with Crippen molar-refractivity contribution in [3.8, 4) is 11.5 Å². The van der Waals surface area contributed by atoms with E-state index in [-0.39, 0.29) is 36.6 Å². The highest BCUT2D eigenvalue weighted by Crippen LogP contribution is 2.28. The number of benzene rings is 2. The van der Waals surface area contributed by atoms with Crippen LogP contribution in [0.1, 0.15) is 50.2 Å². The first-order chi connectivity index (χ1) is 15.9. The topological polar surface area (TPSA) is 67.9 Å². The summed E-state index contributed by atoms with van der Waals surface area (Å²) in [5.41, 5.74) is 1.71. The van der Waals surface area contributed by atoms with Gasteiger partial charge in [-0.1, -0.05) is 31.0 Å². The number of carbonyl (C=O) groups excluding carboxylic acids is 2. The Morgan fingerprint density at radius 3 is 2.30 bits per heavy atom. The molecular formula is C26H33FN2O4. The highest BCUT2D eigenvalue weighted by molar-refractivity contribution is 5.87. The molecule has 178 valence electrons. The minimum Gasteiger partial charge on any atom is -0.493 e. The SMILES string of the molecule is COc1ccc(CCC(=O)N(Cc2ccc(F)cc2)[C@H](C)C(=O)NC2CCCC2)cc1OC. The van der Waals surface area contributed by atoms with E-state index in [1.165, 1.54) is 12.1 Å². The van der Waals surface area contributed by atoms with Crippen LogP contribution in [0, 0.1) is 5.82 Å². The van der Waals surface area contributed by atoms with Crippen molar-refractivity contribution in [2.24, 2.45) is 0 Å². The number of hydrogen-bond acceptors (Lipinski definition) is 4. The molecule has 0 saturated heterocycles. The molecule has 2 aromatic carbocycles. The number of aryl methyl sites for hydroxylation is 1. The van der Waals surface area contributed by atoms with E-state index < -0.39 is 6.04 Å². The number of amides is 2. The summed E-state index contributed by atoms with van der Waals surface area (Å²) in [4.78, 5) is 27.8. The molecule has 0 radical (unpaired) electrons. The van der Waals surface area contributed by atoms with Crippen LogP contribution in [0.15, 0.2) is 42.5 Å². The summed E-state index contributed by atoms with van der Waals surface area (Å²) in [6, 6.07) is 11.1. The number of ether oxygens (including phenoxy) is 2. The first-order valence-corrected chi connectivity index (χ1v) is 11.5. The van der Waals surface area contributed by atoms with E-state index in [9.17, 15) is 14.0 Å². The van der Waals surface area contributed by atoms with Crippen molar-refractivity contribution < 1.29 is 23.5 Å². The summed E-state index contributed by atoms with van der Waals surface area (Å²) in [6.45, 7) is 1.99. The molecule has 1 fully saturated rings. The highest BCUT2D eigenvalue weighted by Gasteiger charge is 2.28. The second-order valence-electron chi connectivity index (χ2n) is 8.50. The van der Waals surface area contributed by atoms with Crippen LogP contribution >= 0.6 is 0 Å². The minimum atomic E-state index is -0.631. The quantitative estimate of drug-likeness (QED) is 0.580. The lowest BCUT2D eigenvalue weighted by Crippen LogP contribution is -2.49. The summed E-state index contributed by atoms with van der Waals surface area (Å²) >= 11 is 0. The van der Waals surface area contributed by atoms with Gasteiger partial charge in [-0.05, 0) is 61.6 Å². The van der Waals surface area contributed by atoms with Crippen LogP contribution in [0.3, 0.4) is 0 Å². The van der Waals surface area contributed by atoms with Gasteiger partial charge in [0.25, 0.3) is 0 Å². The van der Waals surface area contributed by atoms with Crippen LogP contribution in [0.4, 0.5) is 4.39 Å². The fourth-order valence-corrected chi connectivity index (χ4v) is 4.19. The smallest absolute Gasteiger partial charge is 0.242 e. The largest absolute Gasteiger partial charge is 0.493 e. The van der Waals surface area contributed by atoms with E-state index >= 15 is 0 Å². The van der Waals surface area contributed by atoms with E-state index in [0.717, 1.165) is 36.8 Å². The predicted molar refractivity (Wildman–Crippen MR) is 125 cm³/mol. The van der Waals surface area contributed by atoms with Crippen LogP contribution < -0.4 is 14.8 Å². The molecule has 0 unspecified atom stereocenters. The molecule has 1 saturated carbocycles. The fraction of sp³-hybridized carbons (Fsp3) is 0.462. The Balaban J connectivity index is 1.71. The highest BCUT2D eigenvalue weighted by atomic mass is 19.1. The average Bonchev–Trinajstić information content (AvgIpc) is 3.34. The molecule has 0 aromatic heterocycles. The summed E-state index contributed by atoms with van der Waals surface area (Å²) in [5, 5.41) is 3.09. The maximum atomic E-state index is 13.4. The lowest BCUT2D eigenvalue weighted by atomic mass is 10.1. The Morgan fingerprint density at radius 1 is 1.03 bits per heavy atom. The van der Waals surface area contributed by atoms with Gasteiger partial charge in [0.05, 0.1) is 14.2 Å². The molecular weight excluding hydrogens is 423 g/mol. The Labute approximate surface area is 195 Å². The lowest BCUT2D eigenvalue weighted by Gasteiger charge is -2.30. The summed E-state index contributed by atoms with van der Waals surface area (Å²) in [5.74, 6) is 0.612. The minimum absolute atomic E-state index is 0.136. The van der Waals surface area contributed by atoms with E-state index in [1.807, 2.05) is 18.2 Å². The summed E-state index contributed by atoms with van der Waals surface area (Å²) in [6.07, 6.45) is 4.91. The maximum absolute atomic E-state index is 13.4. The van der Waals surface area contributed by atoms with Gasteiger partial charge >= 0.3 is 0 Å². The molecule has 1 N–H and O–H groups in total. The molecule has 2 aromatic rings. The van der Waals surface area contributed by atoms with Gasteiger partial charge in [0.1, 0.15) is 11.9 Å². The van der Waals surface area contributed by atoms with Crippen molar-refractivity contribution >= 4 is 11.8 Å². The predicted octanol–water partition coefficient (Wildman–Crippen LogP) is 4.25. The van der Waals surface area contributed by atoms with Crippen molar-refractivity contribution in [2.75, 3.05) is 14.2 Å². The van der Waals surface area contributed by atoms with E-state index in [4.69, 9.17) is 9.47 Å². The second kappa shape index (κ2) is 11.7. The normalized spacial score (nSPS) is 14.5. The molecule has 33 heavy (non-hydrogen) atoms. The van der Waals surface area contributed by atoms with Crippen LogP contribution in [-0.4, -0.2) is 43.0 Å². The summed E-state index contributed by atoms with van der Waals surface area (Å²) in [7, 11) is 3.15. The average molecular weight is 457 g/mol. The molecule has 3 rings (SSSR count).